The van der Waals surface area contributed by atoms with E-state index in [0.29, 0.717) is 46.8 Å². The average Bonchev–Trinajstić information content (AvgIpc) is 3.42. The average molecular weight is 553 g/mol. The van der Waals surface area contributed by atoms with E-state index in [9.17, 15) is 4.79 Å². The van der Waals surface area contributed by atoms with Gasteiger partial charge in [0.25, 0.3) is 11.8 Å². The molecule has 10 nitrogen and oxygen atoms in total. The summed E-state index contributed by atoms with van der Waals surface area (Å²) in [5.74, 6) is 1.35. The molecule has 1 amide bonds. The number of piperazine rings is 1. The third-order valence-electron chi connectivity index (χ3n) is 7.83. The smallest absolute Gasteiger partial charge is 0.315 e. The van der Waals surface area contributed by atoms with Gasteiger partial charge < -0.3 is 19.5 Å². The number of amides is 1. The first-order valence-electron chi connectivity index (χ1n) is 13.9. The Morgan fingerprint density at radius 1 is 1.13 bits per heavy atom. The molecule has 2 fully saturated rings. The second kappa shape index (κ2) is 11.9. The molecular formula is C28H37ClN8O2. The Hall–Kier alpha value is -3.24. The Labute approximate surface area is 234 Å². The molecule has 2 atom stereocenters. The zero-order valence-corrected chi connectivity index (χ0v) is 23.9. The Kier molecular flexibility index (Phi) is 8.32. The molecule has 2 aliphatic rings. The van der Waals surface area contributed by atoms with Crippen LogP contribution in [0.25, 0.3) is 11.6 Å². The molecule has 39 heavy (non-hydrogen) atoms. The van der Waals surface area contributed by atoms with E-state index >= 15 is 0 Å². The van der Waals surface area contributed by atoms with Crippen LogP contribution in [0.3, 0.4) is 0 Å². The summed E-state index contributed by atoms with van der Waals surface area (Å²) in [4.78, 5) is 29.6. The van der Waals surface area contributed by atoms with Crippen LogP contribution in [-0.4, -0.2) is 86.7 Å². The van der Waals surface area contributed by atoms with Crippen LogP contribution in [0.4, 0.5) is 11.8 Å². The summed E-state index contributed by atoms with van der Waals surface area (Å²) < 4.78 is 5.65. The summed E-state index contributed by atoms with van der Waals surface area (Å²) in [6.07, 6.45) is 4.73. The summed E-state index contributed by atoms with van der Waals surface area (Å²) in [5.41, 5.74) is 2.12. The van der Waals surface area contributed by atoms with Gasteiger partial charge >= 0.3 is 6.01 Å². The van der Waals surface area contributed by atoms with Crippen molar-refractivity contribution in [2.75, 3.05) is 42.9 Å². The highest BCUT2D eigenvalue weighted by Crippen LogP contribution is 2.30. The van der Waals surface area contributed by atoms with Gasteiger partial charge in [-0.15, -0.1) is 5.10 Å². The number of carbonyl (C=O) groups excluding carboxylic acids is 1. The Morgan fingerprint density at radius 3 is 2.54 bits per heavy atom. The normalized spacial score (nSPS) is 20.8. The van der Waals surface area contributed by atoms with Gasteiger partial charge in [-0.1, -0.05) is 23.6 Å². The largest absolute Gasteiger partial charge is 0.402 e. The molecule has 0 radical (unpaired) electrons. The van der Waals surface area contributed by atoms with E-state index in [0.717, 1.165) is 57.0 Å². The zero-order valence-electron chi connectivity index (χ0n) is 23.1. The topological polar surface area (TPSA) is 104 Å². The number of hydrogen-bond donors (Lipinski definition) is 1. The number of hydrogen-bond acceptors (Lipinski definition) is 9. The SMILES string of the molecule is CCNc1nnc(-c2cnc(N3CC(CC)N(C4CCN(C(=O)c5ccc(Cl)cc5)CC4)CC3C)c(C)n2)o1. The van der Waals surface area contributed by atoms with E-state index in [2.05, 4.69) is 39.2 Å². The van der Waals surface area contributed by atoms with E-state index < -0.39 is 0 Å². The van der Waals surface area contributed by atoms with Gasteiger partial charge in [-0.25, -0.2) is 9.97 Å². The predicted molar refractivity (Wildman–Crippen MR) is 152 cm³/mol. The number of likely N-dealkylation sites (tertiary alicyclic amines) is 1. The number of rotatable bonds is 7. The van der Waals surface area contributed by atoms with Crippen LogP contribution in [-0.2, 0) is 0 Å². The van der Waals surface area contributed by atoms with E-state index in [1.807, 2.05) is 30.9 Å². The van der Waals surface area contributed by atoms with Gasteiger partial charge in [-0.05, 0) is 64.3 Å². The first kappa shape index (κ1) is 27.3. The van der Waals surface area contributed by atoms with Gasteiger partial charge in [0.15, 0.2) is 0 Å². The summed E-state index contributed by atoms with van der Waals surface area (Å²) in [5, 5.41) is 11.8. The quantitative estimate of drug-likeness (QED) is 0.453. The van der Waals surface area contributed by atoms with Crippen molar-refractivity contribution in [3.8, 4) is 11.6 Å². The molecule has 0 bridgehead atoms. The van der Waals surface area contributed by atoms with Crippen molar-refractivity contribution in [1.29, 1.82) is 0 Å². The highest BCUT2D eigenvalue weighted by atomic mass is 35.5. The second-order valence-corrected chi connectivity index (χ2v) is 10.8. The van der Waals surface area contributed by atoms with Crippen LogP contribution in [0.1, 0.15) is 56.1 Å². The van der Waals surface area contributed by atoms with Crippen molar-refractivity contribution in [2.45, 2.75) is 65.1 Å². The molecular weight excluding hydrogens is 516 g/mol. The lowest BCUT2D eigenvalue weighted by Gasteiger charge is -2.50. The van der Waals surface area contributed by atoms with Crippen molar-refractivity contribution < 1.29 is 9.21 Å². The molecule has 1 aromatic carbocycles. The molecule has 1 N–H and O–H groups in total. The Morgan fingerprint density at radius 2 is 1.87 bits per heavy atom. The molecule has 0 aliphatic carbocycles. The van der Waals surface area contributed by atoms with Gasteiger partial charge in [-0.2, -0.15) is 0 Å². The fourth-order valence-corrected chi connectivity index (χ4v) is 5.88. The lowest BCUT2D eigenvalue weighted by molar-refractivity contribution is 0.0434. The minimum absolute atomic E-state index is 0.0891. The molecule has 2 aromatic heterocycles. The third-order valence-corrected chi connectivity index (χ3v) is 8.08. The minimum Gasteiger partial charge on any atom is -0.402 e. The molecule has 11 heteroatoms. The van der Waals surface area contributed by atoms with Crippen LogP contribution in [0, 0.1) is 6.92 Å². The number of halogens is 1. The Bertz CT molecular complexity index is 1270. The van der Waals surface area contributed by atoms with E-state index in [1.54, 1.807) is 18.3 Å². The number of aromatic nitrogens is 4. The third kappa shape index (κ3) is 5.86. The van der Waals surface area contributed by atoms with Gasteiger partial charge in [0.1, 0.15) is 11.5 Å². The molecule has 3 aromatic rings. The van der Waals surface area contributed by atoms with Crippen LogP contribution < -0.4 is 10.2 Å². The Balaban J connectivity index is 1.23. The van der Waals surface area contributed by atoms with Crippen LogP contribution >= 0.6 is 11.6 Å². The highest BCUT2D eigenvalue weighted by Gasteiger charge is 2.37. The van der Waals surface area contributed by atoms with Crippen molar-refractivity contribution in [3.05, 3.63) is 46.7 Å². The number of piperidine rings is 1. The fraction of sp³-hybridized carbons (Fsp3) is 0.536. The molecule has 2 aliphatic heterocycles. The van der Waals surface area contributed by atoms with Crippen LogP contribution in [0.15, 0.2) is 34.9 Å². The van der Waals surface area contributed by atoms with E-state index in [4.69, 9.17) is 26.0 Å². The summed E-state index contributed by atoms with van der Waals surface area (Å²) in [7, 11) is 0. The number of carbonyl (C=O) groups is 1. The van der Waals surface area contributed by atoms with Gasteiger partial charge in [0.05, 0.1) is 11.9 Å². The minimum atomic E-state index is 0.0891. The van der Waals surface area contributed by atoms with Gasteiger partial charge in [0, 0.05) is 61.4 Å². The van der Waals surface area contributed by atoms with Crippen molar-refractivity contribution in [1.82, 2.24) is 30.0 Å². The molecule has 0 spiro atoms. The molecule has 4 heterocycles. The standard InChI is InChI=1S/C28H37ClN8O2/c1-5-22-17-36(25-19(4)32-24(15-31-25)26-33-34-28(39-26)30-6-2)18(3)16-37(22)23-11-13-35(14-12-23)27(38)20-7-9-21(29)10-8-20/h7-10,15,18,22-23H,5-6,11-14,16-17H2,1-4H3,(H,30,34). The maximum atomic E-state index is 13.0. The summed E-state index contributed by atoms with van der Waals surface area (Å²) in [6.45, 7) is 12.6. The predicted octanol–water partition coefficient (Wildman–Crippen LogP) is 4.51. The van der Waals surface area contributed by atoms with Crippen LogP contribution in [0.5, 0.6) is 0 Å². The van der Waals surface area contributed by atoms with Crippen molar-refractivity contribution in [2.24, 2.45) is 0 Å². The lowest BCUT2D eigenvalue weighted by atomic mass is 9.96. The van der Waals surface area contributed by atoms with Crippen LogP contribution in [0.2, 0.25) is 5.02 Å². The van der Waals surface area contributed by atoms with E-state index in [1.165, 1.54) is 0 Å². The molecule has 208 valence electrons. The van der Waals surface area contributed by atoms with E-state index in [-0.39, 0.29) is 11.9 Å². The number of anilines is 2. The number of nitrogens with one attached hydrogen (secondary N) is 1. The first-order valence-corrected chi connectivity index (χ1v) is 14.2. The van der Waals surface area contributed by atoms with Crippen molar-refractivity contribution in [3.63, 3.8) is 0 Å². The monoisotopic (exact) mass is 552 g/mol. The zero-order chi connectivity index (χ0) is 27.5. The summed E-state index contributed by atoms with van der Waals surface area (Å²) >= 11 is 6.00. The molecule has 2 unspecified atom stereocenters. The molecule has 0 saturated carbocycles. The summed E-state index contributed by atoms with van der Waals surface area (Å²) in [6, 6.07) is 8.71. The first-order chi connectivity index (χ1) is 18.9. The molecule has 5 rings (SSSR count). The van der Waals surface area contributed by atoms with Gasteiger partial charge in [-0.3, -0.25) is 9.69 Å². The second-order valence-electron chi connectivity index (χ2n) is 10.4. The number of nitrogens with zero attached hydrogens (tertiary/aromatic N) is 7. The number of benzene rings is 1. The molecule has 2 saturated heterocycles. The number of aryl methyl sites for hydroxylation is 1. The lowest BCUT2D eigenvalue weighted by Crippen LogP contribution is -2.62. The van der Waals surface area contributed by atoms with Gasteiger partial charge in [0.2, 0.25) is 0 Å². The maximum absolute atomic E-state index is 13.0. The van der Waals surface area contributed by atoms with Crippen molar-refractivity contribution >= 4 is 29.3 Å². The fourth-order valence-electron chi connectivity index (χ4n) is 5.76. The highest BCUT2D eigenvalue weighted by molar-refractivity contribution is 6.30. The maximum Gasteiger partial charge on any atom is 0.315 e.